The largest absolute Gasteiger partial charge is 0.374 e. The zero-order valence-electron chi connectivity index (χ0n) is 25.7. The third-order valence-electron chi connectivity index (χ3n) is 14.0. The zero-order valence-corrected chi connectivity index (χ0v) is 26.5. The molecule has 0 bridgehead atoms. The maximum absolute atomic E-state index is 14.4. The monoisotopic (exact) mass is 582 g/mol. The van der Waals surface area contributed by atoms with Crippen LogP contribution < -0.4 is 0 Å². The van der Waals surface area contributed by atoms with Gasteiger partial charge in [0.15, 0.2) is 0 Å². The second-order valence-electron chi connectivity index (χ2n) is 15.9. The third-order valence-corrected chi connectivity index (χ3v) is 15.4. The lowest BCUT2D eigenvalue weighted by Gasteiger charge is -2.60. The summed E-state index contributed by atoms with van der Waals surface area (Å²) in [6.07, 6.45) is 9.95. The van der Waals surface area contributed by atoms with Gasteiger partial charge < -0.3 is 4.74 Å². The highest BCUT2D eigenvalue weighted by Gasteiger charge is 2.70. The van der Waals surface area contributed by atoms with Crippen molar-refractivity contribution in [2.45, 2.75) is 115 Å². The Balaban J connectivity index is 1.08. The third kappa shape index (κ3) is 4.19. The van der Waals surface area contributed by atoms with Crippen molar-refractivity contribution in [1.29, 1.82) is 0 Å². The average Bonchev–Trinajstić information content (AvgIpc) is 3.38. The van der Waals surface area contributed by atoms with Gasteiger partial charge in [-0.25, -0.2) is 0 Å². The van der Waals surface area contributed by atoms with Crippen molar-refractivity contribution < 1.29 is 22.1 Å². The first kappa shape index (κ1) is 28.5. The van der Waals surface area contributed by atoms with Gasteiger partial charge in [-0.15, -0.1) is 0 Å². The lowest BCUT2D eigenvalue weighted by molar-refractivity contribution is -0.167. The molecule has 7 rings (SSSR count). The standard InChI is InChI=1S/C35H50O5S/c1-21-6-9-27(10-7-21)41(37,38)40-26-13-14-33(4)25(17-26)8-11-28-29(33)18-31(36)34(5)30(28)16-24-19-35(23(3)32(24)34)15-12-22(2)20-39-35/h6-7,9-10,22-26,28-30,32H,8,11-20H2,1-5H3/t22-,23+,24-,25-,26-,28-,29+,30+,32+,33-,34+,35+/m0/s1. The van der Waals surface area contributed by atoms with Crippen molar-refractivity contribution in [2.75, 3.05) is 6.61 Å². The summed E-state index contributed by atoms with van der Waals surface area (Å²) >= 11 is 0. The molecule has 5 aliphatic carbocycles. The molecule has 1 aliphatic heterocycles. The predicted molar refractivity (Wildman–Crippen MR) is 159 cm³/mol. The van der Waals surface area contributed by atoms with E-state index >= 15 is 0 Å². The molecular formula is C35H50O5S. The van der Waals surface area contributed by atoms with Crippen LogP contribution >= 0.6 is 0 Å². The van der Waals surface area contributed by atoms with Crippen molar-refractivity contribution in [3.05, 3.63) is 29.8 Å². The number of ether oxygens (including phenoxy) is 1. The van der Waals surface area contributed by atoms with Gasteiger partial charge >= 0.3 is 0 Å². The van der Waals surface area contributed by atoms with Crippen molar-refractivity contribution in [3.8, 4) is 0 Å². The zero-order chi connectivity index (χ0) is 28.9. The van der Waals surface area contributed by atoms with E-state index in [1.807, 2.05) is 19.1 Å². The Labute approximate surface area is 247 Å². The van der Waals surface area contributed by atoms with Crippen LogP contribution in [0.3, 0.4) is 0 Å². The van der Waals surface area contributed by atoms with Crippen LogP contribution in [0.5, 0.6) is 0 Å². The number of ketones is 1. The van der Waals surface area contributed by atoms with Gasteiger partial charge in [0, 0.05) is 18.4 Å². The lowest BCUT2D eigenvalue weighted by Crippen LogP contribution is -2.58. The second kappa shape index (κ2) is 9.63. The maximum Gasteiger partial charge on any atom is 0.297 e. The van der Waals surface area contributed by atoms with Crippen LogP contribution in [-0.4, -0.2) is 32.5 Å². The Bertz CT molecular complexity index is 1300. The van der Waals surface area contributed by atoms with Gasteiger partial charge in [0.25, 0.3) is 10.1 Å². The van der Waals surface area contributed by atoms with E-state index < -0.39 is 10.1 Å². The molecule has 1 heterocycles. The molecule has 1 spiro atoms. The van der Waals surface area contributed by atoms with E-state index in [4.69, 9.17) is 8.92 Å². The van der Waals surface area contributed by atoms with Gasteiger partial charge in [-0.3, -0.25) is 8.98 Å². The minimum absolute atomic E-state index is 0.00606. The molecule has 1 saturated heterocycles. The average molecular weight is 583 g/mol. The topological polar surface area (TPSA) is 69.7 Å². The van der Waals surface area contributed by atoms with E-state index in [-0.39, 0.29) is 27.4 Å². The molecule has 0 aromatic heterocycles. The number of carbonyl (C=O) groups excluding carboxylic acids is 1. The summed E-state index contributed by atoms with van der Waals surface area (Å²) in [5, 5.41) is 0. The van der Waals surface area contributed by atoms with Crippen LogP contribution in [0.1, 0.15) is 97.5 Å². The molecule has 0 N–H and O–H groups in total. The summed E-state index contributed by atoms with van der Waals surface area (Å²) in [6.45, 7) is 12.3. The fourth-order valence-corrected chi connectivity index (χ4v) is 12.9. The SMILES string of the molecule is Cc1ccc(S(=O)(=O)O[C@H]2CC[C@@]3(C)[C@@H](CC[C@H]4[C@H]3CC(=O)[C@]3(C)[C@H]5[C@@H](C[C@H]43)C[C@]3(CC[C@H](C)CO3)[C@@H]5C)C2)cc1. The molecule has 0 radical (unpaired) electrons. The summed E-state index contributed by atoms with van der Waals surface area (Å²) in [5.41, 5.74) is 0.894. The van der Waals surface area contributed by atoms with Crippen LogP contribution in [0, 0.1) is 65.1 Å². The highest BCUT2D eigenvalue weighted by Crippen LogP contribution is 2.72. The Morgan fingerprint density at radius 1 is 0.951 bits per heavy atom. The van der Waals surface area contributed by atoms with Gasteiger partial charge in [-0.2, -0.15) is 8.42 Å². The molecule has 0 unspecified atom stereocenters. The van der Waals surface area contributed by atoms with E-state index in [0.717, 1.165) is 50.7 Å². The van der Waals surface area contributed by atoms with Gasteiger partial charge in [0.05, 0.1) is 16.6 Å². The number of hydrogen-bond acceptors (Lipinski definition) is 5. The molecule has 226 valence electrons. The Morgan fingerprint density at radius 3 is 2.41 bits per heavy atom. The van der Waals surface area contributed by atoms with Crippen molar-refractivity contribution in [2.24, 2.45) is 58.2 Å². The van der Waals surface area contributed by atoms with E-state index in [1.54, 1.807) is 12.1 Å². The molecular weight excluding hydrogens is 532 g/mol. The summed E-state index contributed by atoms with van der Waals surface area (Å²) in [4.78, 5) is 14.6. The number of aryl methyl sites for hydroxylation is 1. The van der Waals surface area contributed by atoms with E-state index in [2.05, 4.69) is 27.7 Å². The van der Waals surface area contributed by atoms with Crippen LogP contribution in [0.15, 0.2) is 29.2 Å². The van der Waals surface area contributed by atoms with E-state index in [0.29, 0.717) is 59.5 Å². The van der Waals surface area contributed by atoms with Gasteiger partial charge in [0.2, 0.25) is 0 Å². The highest BCUT2D eigenvalue weighted by atomic mass is 32.2. The number of hydrogen-bond donors (Lipinski definition) is 0. The highest BCUT2D eigenvalue weighted by molar-refractivity contribution is 7.86. The van der Waals surface area contributed by atoms with Gasteiger partial charge in [-0.1, -0.05) is 45.4 Å². The van der Waals surface area contributed by atoms with Crippen molar-refractivity contribution in [3.63, 3.8) is 0 Å². The Morgan fingerprint density at radius 2 is 1.71 bits per heavy atom. The molecule has 6 aliphatic rings. The van der Waals surface area contributed by atoms with Crippen molar-refractivity contribution in [1.82, 2.24) is 0 Å². The van der Waals surface area contributed by atoms with Gasteiger partial charge in [-0.05, 0) is 130 Å². The van der Waals surface area contributed by atoms with Crippen LogP contribution in [0.2, 0.25) is 0 Å². The summed E-state index contributed by atoms with van der Waals surface area (Å²) in [6, 6.07) is 6.94. The van der Waals surface area contributed by atoms with E-state index in [9.17, 15) is 13.2 Å². The number of Topliss-reactive ketones (excluding diaryl/α,β-unsaturated/α-hetero) is 1. The normalized spacial score (nSPS) is 49.3. The first-order valence-electron chi connectivity index (χ1n) is 16.5. The molecule has 0 amide bonds. The maximum atomic E-state index is 14.4. The second-order valence-corrected chi connectivity index (χ2v) is 17.4. The molecule has 5 saturated carbocycles. The fraction of sp³-hybridized carbons (Fsp3) is 0.800. The molecule has 5 nitrogen and oxygen atoms in total. The van der Waals surface area contributed by atoms with Crippen LogP contribution in [-0.2, 0) is 23.8 Å². The smallest absolute Gasteiger partial charge is 0.297 e. The van der Waals surface area contributed by atoms with E-state index in [1.165, 1.54) is 19.3 Å². The number of carbonyl (C=O) groups is 1. The summed E-state index contributed by atoms with van der Waals surface area (Å²) < 4.78 is 38.6. The number of fused-ring (bicyclic) bond motifs is 7. The molecule has 1 aromatic rings. The lowest BCUT2D eigenvalue weighted by atomic mass is 9.44. The molecule has 6 fully saturated rings. The number of rotatable bonds is 3. The fourth-order valence-electron chi connectivity index (χ4n) is 11.7. The molecule has 1 aromatic carbocycles. The summed E-state index contributed by atoms with van der Waals surface area (Å²) in [7, 11) is -3.78. The molecule has 12 atom stereocenters. The first-order valence-corrected chi connectivity index (χ1v) is 18.0. The minimum atomic E-state index is -3.78. The summed E-state index contributed by atoms with van der Waals surface area (Å²) in [5.74, 6) is 4.59. The van der Waals surface area contributed by atoms with Crippen LogP contribution in [0.25, 0.3) is 0 Å². The predicted octanol–water partition coefficient (Wildman–Crippen LogP) is 7.36. The Hall–Kier alpha value is -1.24. The molecule has 41 heavy (non-hydrogen) atoms. The van der Waals surface area contributed by atoms with Gasteiger partial charge in [0.1, 0.15) is 5.78 Å². The number of benzene rings is 1. The van der Waals surface area contributed by atoms with Crippen LogP contribution in [0.4, 0.5) is 0 Å². The Kier molecular flexibility index (Phi) is 6.70. The minimum Gasteiger partial charge on any atom is -0.374 e. The van der Waals surface area contributed by atoms with Crippen molar-refractivity contribution >= 4 is 15.9 Å². The molecule has 6 heteroatoms. The quantitative estimate of drug-likeness (QED) is 0.348. The first-order chi connectivity index (χ1) is 19.4.